The van der Waals surface area contributed by atoms with Gasteiger partial charge in [0.25, 0.3) is 0 Å². The highest BCUT2D eigenvalue weighted by molar-refractivity contribution is 5.32. The number of hydrogen-bond donors (Lipinski definition) is 1. The molecule has 0 aliphatic carbocycles. The van der Waals surface area contributed by atoms with E-state index in [2.05, 4.69) is 40.1 Å². The van der Waals surface area contributed by atoms with Crippen molar-refractivity contribution in [3.8, 4) is 5.75 Å². The Morgan fingerprint density at radius 2 is 1.69 bits per heavy atom. The van der Waals surface area contributed by atoms with Gasteiger partial charge in [0.2, 0.25) is 0 Å². The topological polar surface area (TPSA) is 45.2 Å². The molecule has 2 aliphatic rings. The van der Waals surface area contributed by atoms with E-state index in [1.807, 2.05) is 38.4 Å². The second-order valence-electron chi connectivity index (χ2n) is 8.62. The average Bonchev–Trinajstić information content (AvgIpc) is 2.70. The summed E-state index contributed by atoms with van der Waals surface area (Å²) < 4.78 is 11.6. The Kier molecular flexibility index (Phi) is 6.20. The predicted octanol–water partition coefficient (Wildman–Crippen LogP) is 2.88. The maximum absolute atomic E-state index is 11.5. The van der Waals surface area contributed by atoms with Gasteiger partial charge in [0.1, 0.15) is 12.4 Å². The molecule has 0 aromatic heterocycles. The van der Waals surface area contributed by atoms with E-state index in [9.17, 15) is 5.11 Å². The zero-order valence-electron chi connectivity index (χ0n) is 17.5. The summed E-state index contributed by atoms with van der Waals surface area (Å²) in [4.78, 5) is 4.62. The van der Waals surface area contributed by atoms with Gasteiger partial charge < -0.3 is 19.5 Å². The van der Waals surface area contributed by atoms with Gasteiger partial charge in [-0.2, -0.15) is 0 Å². The van der Waals surface area contributed by atoms with Gasteiger partial charge in [-0.05, 0) is 50.2 Å². The van der Waals surface area contributed by atoms with E-state index < -0.39 is 5.60 Å². The Labute approximate surface area is 173 Å². The van der Waals surface area contributed by atoms with E-state index in [4.69, 9.17) is 9.47 Å². The highest BCUT2D eigenvalue weighted by Gasteiger charge is 2.46. The van der Waals surface area contributed by atoms with Crippen molar-refractivity contribution in [1.29, 1.82) is 0 Å². The third-order valence-electron chi connectivity index (χ3n) is 6.11. The molecule has 0 radical (unpaired) electrons. The smallest absolute Gasteiger partial charge is 0.119 e. The zero-order chi connectivity index (χ0) is 20.3. The number of likely N-dealkylation sites (N-methyl/N-ethyl adjacent to an activating group) is 1. The van der Waals surface area contributed by atoms with Crippen LogP contribution in [0.3, 0.4) is 0 Å². The summed E-state index contributed by atoms with van der Waals surface area (Å²) in [5, 5.41) is 11.5. The molecule has 2 heterocycles. The van der Waals surface area contributed by atoms with Crippen molar-refractivity contribution < 1.29 is 14.6 Å². The number of hydrogen-bond acceptors (Lipinski definition) is 5. The zero-order valence-corrected chi connectivity index (χ0v) is 17.5. The van der Waals surface area contributed by atoms with Gasteiger partial charge in [-0.25, -0.2) is 0 Å². The normalized spacial score (nSPS) is 27.2. The summed E-state index contributed by atoms with van der Waals surface area (Å²) in [6.45, 7) is 3.81. The molecular formula is C24H32N2O3. The van der Waals surface area contributed by atoms with Crippen molar-refractivity contribution in [3.05, 3.63) is 65.7 Å². The van der Waals surface area contributed by atoms with Crippen LogP contribution in [-0.4, -0.2) is 67.5 Å². The van der Waals surface area contributed by atoms with Crippen molar-refractivity contribution in [3.63, 3.8) is 0 Å². The lowest BCUT2D eigenvalue weighted by atomic mass is 9.76. The fourth-order valence-corrected chi connectivity index (χ4v) is 4.54. The second-order valence-corrected chi connectivity index (χ2v) is 8.62. The van der Waals surface area contributed by atoms with E-state index in [-0.39, 0.29) is 12.1 Å². The lowest BCUT2D eigenvalue weighted by molar-refractivity contribution is -0.149. The molecule has 29 heavy (non-hydrogen) atoms. The molecule has 0 amide bonds. The summed E-state index contributed by atoms with van der Waals surface area (Å²) in [7, 11) is 4.07. The minimum absolute atomic E-state index is 0.226. The van der Waals surface area contributed by atoms with Crippen LogP contribution in [0.15, 0.2) is 54.6 Å². The van der Waals surface area contributed by atoms with E-state index in [0.717, 1.165) is 24.4 Å². The molecule has 2 bridgehead atoms. The Morgan fingerprint density at radius 1 is 1.03 bits per heavy atom. The molecule has 2 unspecified atom stereocenters. The molecule has 5 heteroatoms. The SMILES string of the molecule is CN(C)CCOc1ccc(C2(O)CC3COCC(C2)N3Cc2ccccc2)cc1. The van der Waals surface area contributed by atoms with E-state index in [1.54, 1.807) is 0 Å². The summed E-state index contributed by atoms with van der Waals surface area (Å²) in [5.41, 5.74) is 1.48. The molecule has 2 atom stereocenters. The monoisotopic (exact) mass is 396 g/mol. The van der Waals surface area contributed by atoms with E-state index in [0.29, 0.717) is 32.7 Å². The molecule has 4 rings (SSSR count). The van der Waals surface area contributed by atoms with Gasteiger partial charge in [-0.1, -0.05) is 42.5 Å². The summed E-state index contributed by atoms with van der Waals surface area (Å²) in [6.07, 6.45) is 1.38. The lowest BCUT2D eigenvalue weighted by Gasteiger charge is -2.52. The van der Waals surface area contributed by atoms with Crippen molar-refractivity contribution in [2.45, 2.75) is 37.1 Å². The number of morpholine rings is 1. The minimum Gasteiger partial charge on any atom is -0.492 e. The number of rotatable bonds is 7. The van der Waals surface area contributed by atoms with Crippen molar-refractivity contribution in [2.24, 2.45) is 0 Å². The Bertz CT molecular complexity index is 764. The molecule has 5 nitrogen and oxygen atoms in total. The Hall–Kier alpha value is -1.92. The van der Waals surface area contributed by atoms with Gasteiger partial charge in [-0.3, -0.25) is 4.90 Å². The molecule has 2 aliphatic heterocycles. The first-order chi connectivity index (χ1) is 14.0. The molecule has 1 N–H and O–H groups in total. The third kappa shape index (κ3) is 4.81. The van der Waals surface area contributed by atoms with Crippen LogP contribution in [0.25, 0.3) is 0 Å². The maximum atomic E-state index is 11.5. The second kappa shape index (κ2) is 8.84. The largest absolute Gasteiger partial charge is 0.492 e. The quantitative estimate of drug-likeness (QED) is 0.780. The van der Waals surface area contributed by atoms with Crippen molar-refractivity contribution in [2.75, 3.05) is 40.5 Å². The number of nitrogens with zero attached hydrogens (tertiary/aromatic N) is 2. The molecule has 2 aromatic rings. The first-order valence-electron chi connectivity index (χ1n) is 10.5. The van der Waals surface area contributed by atoms with Crippen LogP contribution in [-0.2, 0) is 16.9 Å². The molecular weight excluding hydrogens is 364 g/mol. The lowest BCUT2D eigenvalue weighted by Crippen LogP contribution is -2.60. The average molecular weight is 397 g/mol. The van der Waals surface area contributed by atoms with Gasteiger partial charge in [-0.15, -0.1) is 0 Å². The third-order valence-corrected chi connectivity index (χ3v) is 6.11. The first-order valence-corrected chi connectivity index (χ1v) is 10.5. The first kappa shape index (κ1) is 20.4. The number of benzene rings is 2. The van der Waals surface area contributed by atoms with Crippen molar-refractivity contribution in [1.82, 2.24) is 9.80 Å². The van der Waals surface area contributed by atoms with Gasteiger partial charge >= 0.3 is 0 Å². The Morgan fingerprint density at radius 3 is 2.31 bits per heavy atom. The summed E-state index contributed by atoms with van der Waals surface area (Å²) >= 11 is 0. The molecule has 0 saturated carbocycles. The molecule has 2 aromatic carbocycles. The molecule has 0 spiro atoms. The predicted molar refractivity (Wildman–Crippen MR) is 114 cm³/mol. The van der Waals surface area contributed by atoms with Crippen molar-refractivity contribution >= 4 is 0 Å². The fourth-order valence-electron chi connectivity index (χ4n) is 4.54. The molecule has 156 valence electrons. The standard InChI is InChI=1S/C24H32N2O3/c1-25(2)12-13-29-23-10-8-20(9-11-23)24(27)14-21-17-28-18-22(15-24)26(21)16-19-6-4-3-5-7-19/h3-11,21-22,27H,12-18H2,1-2H3. The number of piperidine rings is 1. The van der Waals surface area contributed by atoms with E-state index >= 15 is 0 Å². The Balaban J connectivity index is 1.44. The van der Waals surface area contributed by atoms with E-state index in [1.165, 1.54) is 5.56 Å². The number of fused-ring (bicyclic) bond motifs is 2. The van der Waals surface area contributed by atoms with Gasteiger partial charge in [0.15, 0.2) is 0 Å². The molecule has 2 saturated heterocycles. The fraction of sp³-hybridized carbons (Fsp3) is 0.500. The number of aliphatic hydroxyl groups is 1. The van der Waals surface area contributed by atoms with Crippen LogP contribution in [0, 0.1) is 0 Å². The maximum Gasteiger partial charge on any atom is 0.119 e. The van der Waals surface area contributed by atoms with Gasteiger partial charge in [0, 0.05) is 25.2 Å². The molecule has 2 fully saturated rings. The number of ether oxygens (including phenoxy) is 2. The minimum atomic E-state index is -0.811. The van der Waals surface area contributed by atoms with Crippen LogP contribution in [0.4, 0.5) is 0 Å². The highest BCUT2D eigenvalue weighted by Crippen LogP contribution is 2.41. The summed E-state index contributed by atoms with van der Waals surface area (Å²) in [5.74, 6) is 0.851. The van der Waals surface area contributed by atoms with Crippen LogP contribution >= 0.6 is 0 Å². The van der Waals surface area contributed by atoms with Crippen LogP contribution < -0.4 is 4.74 Å². The van der Waals surface area contributed by atoms with Crippen LogP contribution in [0.1, 0.15) is 24.0 Å². The highest BCUT2D eigenvalue weighted by atomic mass is 16.5. The van der Waals surface area contributed by atoms with Crippen LogP contribution in [0.5, 0.6) is 5.75 Å². The van der Waals surface area contributed by atoms with Gasteiger partial charge in [0.05, 0.1) is 18.8 Å². The summed E-state index contributed by atoms with van der Waals surface area (Å²) in [6, 6.07) is 19.0. The van der Waals surface area contributed by atoms with Crippen LogP contribution in [0.2, 0.25) is 0 Å².